The fourth-order valence-electron chi connectivity index (χ4n) is 4.46. The Morgan fingerprint density at radius 2 is 1.84 bits per heavy atom. The molecule has 32 heavy (non-hydrogen) atoms. The van der Waals surface area contributed by atoms with Crippen LogP contribution in [0, 0.1) is 11.7 Å². The molecule has 1 fully saturated rings. The molecule has 0 spiro atoms. The first-order chi connectivity index (χ1) is 15.5. The van der Waals surface area contributed by atoms with Crippen LogP contribution in [-0.2, 0) is 16.0 Å². The van der Waals surface area contributed by atoms with Gasteiger partial charge in [-0.05, 0) is 48.9 Å². The van der Waals surface area contributed by atoms with Gasteiger partial charge in [0.2, 0.25) is 0 Å². The Kier molecular flexibility index (Phi) is 6.55. The summed E-state index contributed by atoms with van der Waals surface area (Å²) in [6.45, 7) is 1.41. The number of carbonyl (C=O) groups excluding carboxylic acids is 2. The van der Waals surface area contributed by atoms with Gasteiger partial charge in [0.05, 0.1) is 12.7 Å². The highest BCUT2D eigenvalue weighted by Gasteiger charge is 2.43. The molecule has 2 aromatic carbocycles. The van der Waals surface area contributed by atoms with Crippen LogP contribution in [0.3, 0.4) is 0 Å². The lowest BCUT2D eigenvalue weighted by molar-refractivity contribution is -0.137. The summed E-state index contributed by atoms with van der Waals surface area (Å²) >= 11 is 0. The number of rotatable bonds is 7. The van der Waals surface area contributed by atoms with Gasteiger partial charge in [-0.1, -0.05) is 30.3 Å². The number of amides is 2. The number of halogens is 1. The van der Waals surface area contributed by atoms with E-state index in [4.69, 9.17) is 4.74 Å². The van der Waals surface area contributed by atoms with Crippen LogP contribution >= 0.6 is 0 Å². The number of para-hydroxylation sites is 1. The van der Waals surface area contributed by atoms with E-state index in [0.29, 0.717) is 42.1 Å². The average Bonchev–Trinajstić information content (AvgIpc) is 3.08. The summed E-state index contributed by atoms with van der Waals surface area (Å²) in [6, 6.07) is 13.2. The fourth-order valence-corrected chi connectivity index (χ4v) is 4.46. The second kappa shape index (κ2) is 9.53. The van der Waals surface area contributed by atoms with Crippen molar-refractivity contribution in [1.82, 2.24) is 9.80 Å². The molecule has 0 aliphatic carbocycles. The topological polar surface area (TPSA) is 70.1 Å². The third-order valence-electron chi connectivity index (χ3n) is 6.15. The molecule has 1 N–H and O–H groups in total. The summed E-state index contributed by atoms with van der Waals surface area (Å²) in [6.07, 6.45) is 2.16. The summed E-state index contributed by atoms with van der Waals surface area (Å²) in [5.41, 5.74) is 2.14. The molecule has 2 aliphatic rings. The van der Waals surface area contributed by atoms with Crippen molar-refractivity contribution in [2.24, 2.45) is 5.92 Å². The first kappa shape index (κ1) is 22.0. The number of likely N-dealkylation sites (tertiary alicyclic amines) is 1. The van der Waals surface area contributed by atoms with Crippen LogP contribution in [-0.4, -0.2) is 60.1 Å². The fraction of sp³-hybridized carbons (Fsp3) is 0.360. The minimum absolute atomic E-state index is 0.0458. The Labute approximate surface area is 186 Å². The quantitative estimate of drug-likeness (QED) is 0.674. The van der Waals surface area contributed by atoms with Gasteiger partial charge in [0.1, 0.15) is 17.3 Å². The molecule has 4 rings (SSSR count). The summed E-state index contributed by atoms with van der Waals surface area (Å²) in [5, 5.41) is 9.66. The number of carbonyl (C=O) groups is 2. The Morgan fingerprint density at radius 3 is 2.56 bits per heavy atom. The number of methoxy groups -OCH3 is 1. The smallest absolute Gasteiger partial charge is 0.277 e. The minimum Gasteiger partial charge on any atom is -0.496 e. The maximum absolute atomic E-state index is 13.5. The van der Waals surface area contributed by atoms with E-state index in [1.807, 2.05) is 17.0 Å². The third-order valence-corrected chi connectivity index (χ3v) is 6.15. The van der Waals surface area contributed by atoms with Crippen molar-refractivity contribution in [1.29, 1.82) is 0 Å². The summed E-state index contributed by atoms with van der Waals surface area (Å²) < 4.78 is 18.7. The van der Waals surface area contributed by atoms with Crippen LogP contribution in [0.5, 0.6) is 5.75 Å². The number of imide groups is 1. The Balaban J connectivity index is 1.68. The molecule has 1 unspecified atom stereocenters. The molecule has 2 aromatic rings. The number of nitrogens with zero attached hydrogens (tertiary/aromatic N) is 2. The van der Waals surface area contributed by atoms with Crippen LogP contribution in [0.2, 0.25) is 0 Å². The molecule has 7 heteroatoms. The number of aliphatic hydroxyl groups excluding tert-OH is 1. The maximum atomic E-state index is 13.5. The van der Waals surface area contributed by atoms with E-state index in [9.17, 15) is 19.1 Å². The monoisotopic (exact) mass is 438 g/mol. The molecule has 0 saturated carbocycles. The zero-order chi connectivity index (χ0) is 22.7. The summed E-state index contributed by atoms with van der Waals surface area (Å²) in [4.78, 5) is 30.2. The first-order valence-corrected chi connectivity index (χ1v) is 10.9. The van der Waals surface area contributed by atoms with Crippen molar-refractivity contribution in [3.8, 4) is 5.75 Å². The molecule has 1 saturated heterocycles. The zero-order valence-corrected chi connectivity index (χ0v) is 18.1. The standard InChI is InChI=1S/C25H27FN2O4/c1-32-21-7-3-2-6-20(21)22-23(27-13-4-5-18(15-27)16-29)25(31)28(24(22)30)14-12-17-8-10-19(26)11-9-17/h2-3,6-11,18,29H,4-5,12-16H2,1H3. The first-order valence-electron chi connectivity index (χ1n) is 10.9. The van der Waals surface area contributed by atoms with Crippen LogP contribution in [0.15, 0.2) is 54.2 Å². The highest BCUT2D eigenvalue weighted by Crippen LogP contribution is 2.37. The molecule has 0 radical (unpaired) electrons. The van der Waals surface area contributed by atoms with Crippen molar-refractivity contribution in [2.45, 2.75) is 19.3 Å². The van der Waals surface area contributed by atoms with E-state index >= 15 is 0 Å². The highest BCUT2D eigenvalue weighted by molar-refractivity contribution is 6.36. The van der Waals surface area contributed by atoms with Crippen LogP contribution < -0.4 is 4.74 Å². The second-order valence-electron chi connectivity index (χ2n) is 8.20. The minimum atomic E-state index is -0.359. The van der Waals surface area contributed by atoms with Gasteiger partial charge < -0.3 is 14.7 Å². The Morgan fingerprint density at radius 1 is 1.09 bits per heavy atom. The summed E-state index contributed by atoms with van der Waals surface area (Å²) in [5.74, 6) is -0.434. The normalized spacial score (nSPS) is 19.2. The average molecular weight is 438 g/mol. The third kappa shape index (κ3) is 4.25. The van der Waals surface area contributed by atoms with Gasteiger partial charge in [0.25, 0.3) is 11.8 Å². The van der Waals surface area contributed by atoms with Gasteiger partial charge in [0, 0.05) is 31.8 Å². The number of aliphatic hydroxyl groups is 1. The molecule has 0 bridgehead atoms. The number of piperidine rings is 1. The predicted octanol–water partition coefficient (Wildman–Crippen LogP) is 2.86. The van der Waals surface area contributed by atoms with Crippen LogP contribution in [0.1, 0.15) is 24.0 Å². The van der Waals surface area contributed by atoms with Gasteiger partial charge >= 0.3 is 0 Å². The zero-order valence-electron chi connectivity index (χ0n) is 18.1. The van der Waals surface area contributed by atoms with Gasteiger partial charge in [0.15, 0.2) is 0 Å². The Hall–Kier alpha value is -3.19. The number of ether oxygens (including phenoxy) is 1. The molecule has 2 aliphatic heterocycles. The van der Waals surface area contributed by atoms with Crippen molar-refractivity contribution in [2.75, 3.05) is 33.4 Å². The number of hydrogen-bond acceptors (Lipinski definition) is 5. The lowest BCUT2D eigenvalue weighted by Gasteiger charge is -2.34. The highest BCUT2D eigenvalue weighted by atomic mass is 19.1. The van der Waals surface area contributed by atoms with E-state index in [1.54, 1.807) is 24.3 Å². The second-order valence-corrected chi connectivity index (χ2v) is 8.20. The molecule has 6 nitrogen and oxygen atoms in total. The van der Waals surface area contributed by atoms with Crippen LogP contribution in [0.25, 0.3) is 5.57 Å². The van der Waals surface area contributed by atoms with Crippen molar-refractivity contribution >= 4 is 17.4 Å². The van der Waals surface area contributed by atoms with Crippen molar-refractivity contribution in [3.63, 3.8) is 0 Å². The molecular weight excluding hydrogens is 411 g/mol. The predicted molar refractivity (Wildman–Crippen MR) is 118 cm³/mol. The number of hydrogen-bond donors (Lipinski definition) is 1. The van der Waals surface area contributed by atoms with Crippen molar-refractivity contribution < 1.29 is 23.8 Å². The lowest BCUT2D eigenvalue weighted by Crippen LogP contribution is -2.41. The molecule has 2 heterocycles. The lowest BCUT2D eigenvalue weighted by atomic mass is 9.96. The van der Waals surface area contributed by atoms with E-state index in [0.717, 1.165) is 18.4 Å². The maximum Gasteiger partial charge on any atom is 0.277 e. The van der Waals surface area contributed by atoms with Crippen LogP contribution in [0.4, 0.5) is 4.39 Å². The molecule has 168 valence electrons. The van der Waals surface area contributed by atoms with Gasteiger partial charge in [-0.3, -0.25) is 14.5 Å². The molecule has 1 atom stereocenters. The molecular formula is C25H27FN2O4. The SMILES string of the molecule is COc1ccccc1C1=C(N2CCCC(CO)C2)C(=O)N(CCc2ccc(F)cc2)C1=O. The summed E-state index contributed by atoms with van der Waals surface area (Å²) in [7, 11) is 1.54. The Bertz CT molecular complexity index is 1030. The molecule has 2 amide bonds. The van der Waals surface area contributed by atoms with Gasteiger partial charge in [-0.2, -0.15) is 0 Å². The van der Waals surface area contributed by atoms with Gasteiger partial charge in [-0.25, -0.2) is 4.39 Å². The van der Waals surface area contributed by atoms with Gasteiger partial charge in [-0.15, -0.1) is 0 Å². The molecule has 0 aromatic heterocycles. The van der Waals surface area contributed by atoms with E-state index in [2.05, 4.69) is 0 Å². The van der Waals surface area contributed by atoms with E-state index in [-0.39, 0.29) is 36.7 Å². The van der Waals surface area contributed by atoms with Crippen molar-refractivity contribution in [3.05, 3.63) is 71.2 Å². The van der Waals surface area contributed by atoms with E-state index in [1.165, 1.54) is 24.1 Å². The number of benzene rings is 2. The van der Waals surface area contributed by atoms with E-state index < -0.39 is 0 Å². The largest absolute Gasteiger partial charge is 0.496 e.